The van der Waals surface area contributed by atoms with Crippen LogP contribution in [0.4, 0.5) is 11.4 Å². The van der Waals surface area contributed by atoms with Crippen molar-refractivity contribution in [2.75, 3.05) is 30.9 Å². The molecule has 4 nitrogen and oxygen atoms in total. The highest BCUT2D eigenvalue weighted by molar-refractivity contribution is 5.66. The fourth-order valence-corrected chi connectivity index (χ4v) is 2.08. The van der Waals surface area contributed by atoms with Gasteiger partial charge in [-0.1, -0.05) is 13.8 Å². The average Bonchev–Trinajstić information content (AvgIpc) is 2.36. The third-order valence-corrected chi connectivity index (χ3v) is 3.06. The van der Waals surface area contributed by atoms with Gasteiger partial charge in [0.25, 0.3) is 0 Å². The predicted molar refractivity (Wildman–Crippen MR) is 72.2 cm³/mol. The number of rotatable bonds is 7. The lowest BCUT2D eigenvalue weighted by Crippen LogP contribution is -2.37. The van der Waals surface area contributed by atoms with Crippen LogP contribution in [0.5, 0.6) is 0 Å². The molecule has 0 amide bonds. The van der Waals surface area contributed by atoms with Crippen LogP contribution in [0.2, 0.25) is 0 Å². The Hall–Kier alpha value is -1.29. The molecule has 96 valence electrons. The summed E-state index contributed by atoms with van der Waals surface area (Å²) in [5.74, 6) is 0. The smallest absolute Gasteiger partial charge is 0.0738 e. The number of nitrogens with two attached hydrogens (primary N) is 1. The van der Waals surface area contributed by atoms with E-state index in [1.165, 1.54) is 0 Å². The molecule has 0 saturated carbocycles. The molecular weight excluding hydrogens is 214 g/mol. The molecule has 0 bridgehead atoms. The zero-order chi connectivity index (χ0) is 12.7. The van der Waals surface area contributed by atoms with Gasteiger partial charge >= 0.3 is 0 Å². The van der Waals surface area contributed by atoms with Crippen molar-refractivity contribution in [1.82, 2.24) is 4.98 Å². The van der Waals surface area contributed by atoms with Gasteiger partial charge in [-0.2, -0.15) is 0 Å². The monoisotopic (exact) mass is 237 g/mol. The largest absolute Gasteiger partial charge is 0.396 e. The van der Waals surface area contributed by atoms with E-state index in [0.717, 1.165) is 30.8 Å². The van der Waals surface area contributed by atoms with Crippen LogP contribution in [0.15, 0.2) is 18.5 Å². The van der Waals surface area contributed by atoms with E-state index in [4.69, 9.17) is 10.5 Å². The summed E-state index contributed by atoms with van der Waals surface area (Å²) in [6, 6.07) is 2.47. The van der Waals surface area contributed by atoms with Crippen molar-refractivity contribution < 1.29 is 4.74 Å². The maximum absolute atomic E-state index is 6.00. The van der Waals surface area contributed by atoms with E-state index in [1.54, 1.807) is 19.5 Å². The highest BCUT2D eigenvalue weighted by atomic mass is 16.5. The Morgan fingerprint density at radius 2 is 2.12 bits per heavy atom. The fourth-order valence-electron chi connectivity index (χ4n) is 2.08. The molecule has 1 rings (SSSR count). The average molecular weight is 237 g/mol. The third-order valence-electron chi connectivity index (χ3n) is 3.06. The molecule has 0 radical (unpaired) electrons. The van der Waals surface area contributed by atoms with Gasteiger partial charge in [-0.3, -0.25) is 4.98 Å². The van der Waals surface area contributed by atoms with Gasteiger partial charge in [0.05, 0.1) is 24.2 Å². The first kappa shape index (κ1) is 13.8. The molecule has 0 atom stereocenters. The molecule has 17 heavy (non-hydrogen) atoms. The lowest BCUT2D eigenvalue weighted by Gasteiger charge is -2.33. The van der Waals surface area contributed by atoms with Crippen LogP contribution in [0, 0.1) is 0 Å². The summed E-state index contributed by atoms with van der Waals surface area (Å²) in [7, 11) is 1.72. The molecule has 0 saturated heterocycles. The first-order chi connectivity index (χ1) is 8.24. The SMILES string of the molecule is CCC(CC)N(CCOC)c1ccncc1N. The molecule has 1 aromatic heterocycles. The minimum atomic E-state index is 0.495. The van der Waals surface area contributed by atoms with Crippen molar-refractivity contribution in [2.24, 2.45) is 0 Å². The molecule has 2 N–H and O–H groups in total. The Balaban J connectivity index is 2.92. The van der Waals surface area contributed by atoms with E-state index in [-0.39, 0.29) is 0 Å². The number of ether oxygens (including phenoxy) is 1. The fraction of sp³-hybridized carbons (Fsp3) is 0.615. The maximum Gasteiger partial charge on any atom is 0.0738 e. The molecule has 1 heterocycles. The standard InChI is InChI=1S/C13H23N3O/c1-4-11(5-2)16(8-9-17-3)13-6-7-15-10-12(13)14/h6-7,10-11H,4-5,8-9,14H2,1-3H3. The van der Waals surface area contributed by atoms with Gasteiger partial charge in [-0.15, -0.1) is 0 Å². The Labute approximate surface area is 104 Å². The quantitative estimate of drug-likeness (QED) is 0.790. The van der Waals surface area contributed by atoms with Crippen molar-refractivity contribution in [1.29, 1.82) is 0 Å². The van der Waals surface area contributed by atoms with E-state index < -0.39 is 0 Å². The van der Waals surface area contributed by atoms with Crippen LogP contribution in [0.25, 0.3) is 0 Å². The molecule has 0 aliphatic heterocycles. The van der Waals surface area contributed by atoms with Crippen LogP contribution in [0.3, 0.4) is 0 Å². The number of methoxy groups -OCH3 is 1. The Bertz CT molecular complexity index is 326. The number of nitrogens with zero attached hydrogens (tertiary/aromatic N) is 2. The zero-order valence-electron chi connectivity index (χ0n) is 11.0. The normalized spacial score (nSPS) is 10.8. The van der Waals surface area contributed by atoms with E-state index in [1.807, 2.05) is 6.07 Å². The Morgan fingerprint density at radius 3 is 2.65 bits per heavy atom. The first-order valence-electron chi connectivity index (χ1n) is 6.19. The maximum atomic E-state index is 6.00. The molecule has 4 heteroatoms. The van der Waals surface area contributed by atoms with Gasteiger partial charge in [0, 0.05) is 25.9 Å². The second kappa shape index (κ2) is 7.12. The van der Waals surface area contributed by atoms with Crippen molar-refractivity contribution >= 4 is 11.4 Å². The summed E-state index contributed by atoms with van der Waals surface area (Å²) < 4.78 is 5.17. The summed E-state index contributed by atoms with van der Waals surface area (Å²) in [6.45, 7) is 5.96. The zero-order valence-corrected chi connectivity index (χ0v) is 11.0. The van der Waals surface area contributed by atoms with Crippen LogP contribution < -0.4 is 10.6 Å². The molecule has 0 fully saturated rings. The van der Waals surface area contributed by atoms with Gasteiger partial charge in [0.15, 0.2) is 0 Å². The van der Waals surface area contributed by atoms with Crippen LogP contribution in [0.1, 0.15) is 26.7 Å². The number of nitrogen functional groups attached to an aromatic ring is 1. The molecule has 0 aliphatic carbocycles. The summed E-state index contributed by atoms with van der Waals surface area (Å²) in [5.41, 5.74) is 7.79. The van der Waals surface area contributed by atoms with Gasteiger partial charge < -0.3 is 15.4 Å². The number of anilines is 2. The Kier molecular flexibility index (Phi) is 5.77. The summed E-state index contributed by atoms with van der Waals surface area (Å²) in [6.07, 6.45) is 5.69. The number of hydrogen-bond donors (Lipinski definition) is 1. The molecule has 0 unspecified atom stereocenters. The minimum Gasteiger partial charge on any atom is -0.396 e. The van der Waals surface area contributed by atoms with E-state index in [9.17, 15) is 0 Å². The number of aromatic nitrogens is 1. The summed E-state index contributed by atoms with van der Waals surface area (Å²) in [4.78, 5) is 6.36. The second-order valence-corrected chi connectivity index (χ2v) is 4.09. The predicted octanol–water partition coefficient (Wildman–Crippen LogP) is 2.31. The minimum absolute atomic E-state index is 0.495. The van der Waals surface area contributed by atoms with Crippen LogP contribution in [-0.2, 0) is 4.74 Å². The first-order valence-corrected chi connectivity index (χ1v) is 6.19. The highest BCUT2D eigenvalue weighted by Crippen LogP contribution is 2.25. The lowest BCUT2D eigenvalue weighted by atomic mass is 10.1. The topological polar surface area (TPSA) is 51.4 Å². The summed E-state index contributed by atoms with van der Waals surface area (Å²) in [5, 5.41) is 0. The van der Waals surface area contributed by atoms with Gasteiger partial charge in [0.2, 0.25) is 0 Å². The Morgan fingerprint density at radius 1 is 1.41 bits per heavy atom. The van der Waals surface area contributed by atoms with Gasteiger partial charge in [-0.25, -0.2) is 0 Å². The lowest BCUT2D eigenvalue weighted by molar-refractivity contribution is 0.202. The van der Waals surface area contributed by atoms with Crippen molar-refractivity contribution in [2.45, 2.75) is 32.7 Å². The molecule has 0 spiro atoms. The molecule has 0 aromatic carbocycles. The third kappa shape index (κ3) is 3.60. The van der Waals surface area contributed by atoms with Crippen molar-refractivity contribution in [3.05, 3.63) is 18.5 Å². The van der Waals surface area contributed by atoms with E-state index in [0.29, 0.717) is 12.6 Å². The van der Waals surface area contributed by atoms with Crippen molar-refractivity contribution in [3.63, 3.8) is 0 Å². The molecular formula is C13H23N3O. The van der Waals surface area contributed by atoms with Crippen LogP contribution >= 0.6 is 0 Å². The van der Waals surface area contributed by atoms with E-state index >= 15 is 0 Å². The van der Waals surface area contributed by atoms with Crippen molar-refractivity contribution in [3.8, 4) is 0 Å². The summed E-state index contributed by atoms with van der Waals surface area (Å²) >= 11 is 0. The van der Waals surface area contributed by atoms with Gasteiger partial charge in [0.1, 0.15) is 0 Å². The molecule has 0 aliphatic rings. The van der Waals surface area contributed by atoms with Gasteiger partial charge in [-0.05, 0) is 18.9 Å². The number of pyridine rings is 1. The molecule has 1 aromatic rings. The highest BCUT2D eigenvalue weighted by Gasteiger charge is 2.17. The number of hydrogen-bond acceptors (Lipinski definition) is 4. The van der Waals surface area contributed by atoms with Crippen LogP contribution in [-0.4, -0.2) is 31.3 Å². The van der Waals surface area contributed by atoms with E-state index in [2.05, 4.69) is 23.7 Å². The second-order valence-electron chi connectivity index (χ2n) is 4.09.